The molecule has 0 radical (unpaired) electrons. The minimum atomic E-state index is -1.05. The van der Waals surface area contributed by atoms with Crippen molar-refractivity contribution in [3.8, 4) is 5.75 Å². The SMILES string of the molecule is COc1ccc(N2C(=O)C(=O)N(CC(=O)N[C@@H](Cc3ccccc3)c3ccccc3)C2=O)cc1. The lowest BCUT2D eigenvalue weighted by atomic mass is 9.99. The zero-order valence-corrected chi connectivity index (χ0v) is 18.5. The zero-order chi connectivity index (χ0) is 24.1. The second-order valence-electron chi connectivity index (χ2n) is 7.73. The Balaban J connectivity index is 1.49. The minimum absolute atomic E-state index is 0.221. The van der Waals surface area contributed by atoms with Crippen LogP contribution in [-0.4, -0.2) is 42.3 Å². The Morgan fingerprint density at radius 3 is 2.09 bits per heavy atom. The highest BCUT2D eigenvalue weighted by molar-refractivity contribution is 6.53. The number of nitrogens with zero attached hydrogens (tertiary/aromatic N) is 2. The smallest absolute Gasteiger partial charge is 0.339 e. The fourth-order valence-electron chi connectivity index (χ4n) is 3.77. The topological polar surface area (TPSA) is 96.0 Å². The molecule has 1 atom stereocenters. The van der Waals surface area contributed by atoms with E-state index in [-0.39, 0.29) is 11.7 Å². The van der Waals surface area contributed by atoms with E-state index in [1.807, 2.05) is 60.7 Å². The van der Waals surface area contributed by atoms with Crippen LogP contribution in [0.2, 0.25) is 0 Å². The van der Waals surface area contributed by atoms with Crippen LogP contribution in [0.3, 0.4) is 0 Å². The molecule has 0 bridgehead atoms. The van der Waals surface area contributed by atoms with Crippen LogP contribution in [0.15, 0.2) is 84.9 Å². The molecule has 0 spiro atoms. The fourth-order valence-corrected chi connectivity index (χ4v) is 3.77. The molecule has 5 amide bonds. The lowest BCUT2D eigenvalue weighted by Gasteiger charge is -2.21. The van der Waals surface area contributed by atoms with Crippen LogP contribution in [-0.2, 0) is 20.8 Å². The van der Waals surface area contributed by atoms with Crippen molar-refractivity contribution < 1.29 is 23.9 Å². The molecule has 3 aromatic carbocycles. The van der Waals surface area contributed by atoms with Crippen molar-refractivity contribution >= 4 is 29.4 Å². The Morgan fingerprint density at radius 1 is 0.853 bits per heavy atom. The van der Waals surface area contributed by atoms with Gasteiger partial charge in [0.2, 0.25) is 5.91 Å². The van der Waals surface area contributed by atoms with E-state index in [1.165, 1.54) is 19.2 Å². The van der Waals surface area contributed by atoms with Crippen LogP contribution in [0.5, 0.6) is 5.75 Å². The molecular formula is C26H23N3O5. The molecule has 0 aliphatic carbocycles. The van der Waals surface area contributed by atoms with Crippen LogP contribution >= 0.6 is 0 Å². The van der Waals surface area contributed by atoms with E-state index >= 15 is 0 Å². The van der Waals surface area contributed by atoms with Crippen molar-refractivity contribution in [2.24, 2.45) is 0 Å². The van der Waals surface area contributed by atoms with Gasteiger partial charge in [0, 0.05) is 0 Å². The first kappa shape index (κ1) is 22.7. The summed E-state index contributed by atoms with van der Waals surface area (Å²) in [7, 11) is 1.49. The second-order valence-corrected chi connectivity index (χ2v) is 7.73. The van der Waals surface area contributed by atoms with Crippen LogP contribution in [0.1, 0.15) is 17.2 Å². The van der Waals surface area contributed by atoms with Crippen LogP contribution in [0.25, 0.3) is 0 Å². The van der Waals surface area contributed by atoms with Gasteiger partial charge >= 0.3 is 17.8 Å². The number of ether oxygens (including phenoxy) is 1. The first-order valence-electron chi connectivity index (χ1n) is 10.7. The highest BCUT2D eigenvalue weighted by Gasteiger charge is 2.46. The molecule has 0 aromatic heterocycles. The van der Waals surface area contributed by atoms with E-state index in [2.05, 4.69) is 5.32 Å². The van der Waals surface area contributed by atoms with Crippen molar-refractivity contribution in [3.63, 3.8) is 0 Å². The normalized spacial score (nSPS) is 14.3. The number of hydrogen-bond acceptors (Lipinski definition) is 5. The standard InChI is InChI=1S/C26H23N3O5/c1-34-21-14-12-20(13-15-21)29-25(32)24(31)28(26(29)33)17-23(30)27-22(19-10-6-3-7-11-19)16-18-8-4-2-5-9-18/h2-15,22H,16-17H2,1H3,(H,27,30)/t22-/m0/s1. The molecule has 0 unspecified atom stereocenters. The molecule has 4 rings (SSSR count). The van der Waals surface area contributed by atoms with Crippen LogP contribution in [0.4, 0.5) is 10.5 Å². The molecule has 1 aliphatic rings. The fraction of sp³-hybridized carbons (Fsp3) is 0.154. The van der Waals surface area contributed by atoms with Gasteiger partial charge in [0.05, 0.1) is 18.8 Å². The molecule has 1 saturated heterocycles. The van der Waals surface area contributed by atoms with Crippen molar-refractivity contribution in [1.82, 2.24) is 10.2 Å². The number of methoxy groups -OCH3 is 1. The lowest BCUT2D eigenvalue weighted by Crippen LogP contribution is -2.42. The molecule has 8 nitrogen and oxygen atoms in total. The quantitative estimate of drug-likeness (QED) is 0.414. The predicted octanol–water partition coefficient (Wildman–Crippen LogP) is 3.09. The van der Waals surface area contributed by atoms with E-state index < -0.39 is 30.3 Å². The highest BCUT2D eigenvalue weighted by Crippen LogP contribution is 2.25. The van der Waals surface area contributed by atoms with Crippen LogP contribution in [0, 0.1) is 0 Å². The molecule has 3 aromatic rings. The number of amides is 5. The van der Waals surface area contributed by atoms with Gasteiger partial charge < -0.3 is 10.1 Å². The zero-order valence-electron chi connectivity index (χ0n) is 18.5. The Kier molecular flexibility index (Phi) is 6.68. The Labute approximate surface area is 196 Å². The maximum Gasteiger partial charge on any atom is 0.339 e. The van der Waals surface area contributed by atoms with Gasteiger partial charge in [0.15, 0.2) is 0 Å². The summed E-state index contributed by atoms with van der Waals surface area (Å²) in [6.45, 7) is -0.561. The van der Waals surface area contributed by atoms with E-state index in [1.54, 1.807) is 12.1 Å². The van der Waals surface area contributed by atoms with Gasteiger partial charge in [0.25, 0.3) is 0 Å². The molecule has 8 heteroatoms. The molecule has 0 saturated carbocycles. The van der Waals surface area contributed by atoms with E-state index in [0.717, 1.165) is 16.0 Å². The molecule has 172 valence electrons. The molecular weight excluding hydrogens is 434 g/mol. The summed E-state index contributed by atoms with van der Waals surface area (Å²) in [5.41, 5.74) is 2.12. The summed E-state index contributed by atoms with van der Waals surface area (Å²) < 4.78 is 5.08. The van der Waals surface area contributed by atoms with Crippen molar-refractivity contribution in [3.05, 3.63) is 96.1 Å². The summed E-state index contributed by atoms with van der Waals surface area (Å²) >= 11 is 0. The third-order valence-corrected chi connectivity index (χ3v) is 5.51. The summed E-state index contributed by atoms with van der Waals surface area (Å²) in [6.07, 6.45) is 0.523. The number of hydrogen-bond donors (Lipinski definition) is 1. The van der Waals surface area contributed by atoms with Gasteiger partial charge in [-0.1, -0.05) is 60.7 Å². The Hall–Kier alpha value is -4.46. The van der Waals surface area contributed by atoms with E-state index in [0.29, 0.717) is 17.1 Å². The van der Waals surface area contributed by atoms with Crippen molar-refractivity contribution in [2.45, 2.75) is 12.5 Å². The van der Waals surface area contributed by atoms with E-state index in [4.69, 9.17) is 4.74 Å². The molecule has 1 heterocycles. The number of rotatable bonds is 8. The number of carbonyl (C=O) groups excluding carboxylic acids is 4. The number of carbonyl (C=O) groups is 4. The Morgan fingerprint density at radius 2 is 1.47 bits per heavy atom. The summed E-state index contributed by atoms with van der Waals surface area (Å²) in [5.74, 6) is -2.06. The number of urea groups is 1. The highest BCUT2D eigenvalue weighted by atomic mass is 16.5. The number of anilines is 1. The van der Waals surface area contributed by atoms with Crippen molar-refractivity contribution in [1.29, 1.82) is 0 Å². The monoisotopic (exact) mass is 457 g/mol. The first-order chi connectivity index (χ1) is 16.5. The van der Waals surface area contributed by atoms with Crippen LogP contribution < -0.4 is 15.0 Å². The second kappa shape index (κ2) is 9.99. The lowest BCUT2D eigenvalue weighted by molar-refractivity contribution is -0.140. The van der Waals surface area contributed by atoms with Gasteiger partial charge in [-0.15, -0.1) is 0 Å². The average molecular weight is 457 g/mol. The third-order valence-electron chi connectivity index (χ3n) is 5.51. The summed E-state index contributed by atoms with van der Waals surface area (Å²) in [4.78, 5) is 52.2. The third kappa shape index (κ3) is 4.80. The molecule has 1 fully saturated rings. The van der Waals surface area contributed by atoms with Gasteiger partial charge in [-0.05, 0) is 41.8 Å². The minimum Gasteiger partial charge on any atom is -0.497 e. The number of imide groups is 2. The van der Waals surface area contributed by atoms with Gasteiger partial charge in [-0.2, -0.15) is 0 Å². The predicted molar refractivity (Wildman–Crippen MR) is 125 cm³/mol. The summed E-state index contributed by atoms with van der Waals surface area (Å²) in [6, 6.07) is 24.0. The summed E-state index contributed by atoms with van der Waals surface area (Å²) in [5, 5.41) is 2.90. The average Bonchev–Trinajstić information content (AvgIpc) is 3.08. The molecule has 34 heavy (non-hydrogen) atoms. The molecule has 1 N–H and O–H groups in total. The first-order valence-corrected chi connectivity index (χ1v) is 10.7. The number of benzene rings is 3. The Bertz CT molecular complexity index is 1200. The maximum absolute atomic E-state index is 12.9. The number of nitrogens with one attached hydrogen (secondary N) is 1. The largest absolute Gasteiger partial charge is 0.497 e. The van der Waals surface area contributed by atoms with E-state index in [9.17, 15) is 19.2 Å². The maximum atomic E-state index is 12.9. The van der Waals surface area contributed by atoms with Gasteiger partial charge in [-0.25, -0.2) is 14.6 Å². The molecule has 1 aliphatic heterocycles. The van der Waals surface area contributed by atoms with Gasteiger partial charge in [0.1, 0.15) is 12.3 Å². The van der Waals surface area contributed by atoms with Gasteiger partial charge in [-0.3, -0.25) is 14.4 Å². The van der Waals surface area contributed by atoms with Crippen molar-refractivity contribution in [2.75, 3.05) is 18.6 Å².